The summed E-state index contributed by atoms with van der Waals surface area (Å²) in [7, 11) is 0. The normalized spacial score (nSPS) is 16.6. The molecule has 0 aliphatic carbocycles. The Morgan fingerprint density at radius 2 is 1.90 bits per heavy atom. The van der Waals surface area contributed by atoms with E-state index in [9.17, 15) is 0 Å². The average Bonchev–Trinajstić information content (AvgIpc) is 3.21. The molecular weight excluding hydrogens is 392 g/mol. The molecule has 1 atom stereocenters. The standard InChI is InChI=1S/C24H24N4OS/c1-5-13-28-17(4)20(21(25-24(28)30)18-11-9-15(2)10-12-18)23-26-22(27-29-23)19-8-6-7-16(3)14-19/h5-12,14,21H,1,13H2,2-4H3,(H,25,30). The Kier molecular flexibility index (Phi) is 5.50. The van der Waals surface area contributed by atoms with Crippen molar-refractivity contribution >= 4 is 22.9 Å². The Bertz CT molecular complexity index is 1130. The number of benzene rings is 2. The highest BCUT2D eigenvalue weighted by molar-refractivity contribution is 7.80. The molecule has 2 heterocycles. The van der Waals surface area contributed by atoms with Crippen LogP contribution in [0.3, 0.4) is 0 Å². The molecule has 3 aromatic rings. The van der Waals surface area contributed by atoms with Gasteiger partial charge in [-0.3, -0.25) is 0 Å². The Labute approximate surface area is 182 Å². The van der Waals surface area contributed by atoms with Gasteiger partial charge >= 0.3 is 0 Å². The fourth-order valence-corrected chi connectivity index (χ4v) is 3.98. The number of nitrogens with one attached hydrogen (secondary N) is 1. The van der Waals surface area contributed by atoms with E-state index in [1.807, 2.05) is 49.1 Å². The van der Waals surface area contributed by atoms with Gasteiger partial charge in [-0.2, -0.15) is 4.98 Å². The Hall–Kier alpha value is -3.25. The number of hydrogen-bond donors (Lipinski definition) is 1. The molecule has 0 saturated heterocycles. The van der Waals surface area contributed by atoms with Gasteiger partial charge in [-0.05, 0) is 44.6 Å². The number of aromatic nitrogens is 2. The van der Waals surface area contributed by atoms with E-state index < -0.39 is 0 Å². The Morgan fingerprint density at radius 3 is 2.60 bits per heavy atom. The third kappa shape index (κ3) is 3.78. The molecule has 0 saturated carbocycles. The molecule has 1 aromatic heterocycles. The van der Waals surface area contributed by atoms with Crippen molar-refractivity contribution in [3.8, 4) is 11.4 Å². The molecule has 1 aliphatic rings. The van der Waals surface area contributed by atoms with Gasteiger partial charge in [0.15, 0.2) is 5.11 Å². The topological polar surface area (TPSA) is 54.2 Å². The van der Waals surface area contributed by atoms with Gasteiger partial charge in [0.05, 0.1) is 11.6 Å². The number of allylic oxidation sites excluding steroid dienone is 1. The molecule has 6 heteroatoms. The lowest BCUT2D eigenvalue weighted by molar-refractivity contribution is 0.399. The van der Waals surface area contributed by atoms with Gasteiger partial charge in [0.25, 0.3) is 5.89 Å². The van der Waals surface area contributed by atoms with Crippen LogP contribution in [0, 0.1) is 13.8 Å². The lowest BCUT2D eigenvalue weighted by Gasteiger charge is -2.36. The Balaban J connectivity index is 1.82. The summed E-state index contributed by atoms with van der Waals surface area (Å²) in [5.41, 5.74) is 6.26. The first kappa shape index (κ1) is 20.0. The largest absolute Gasteiger partial charge is 0.351 e. The molecule has 152 valence electrons. The van der Waals surface area contributed by atoms with Crippen molar-refractivity contribution in [1.82, 2.24) is 20.4 Å². The smallest absolute Gasteiger partial charge is 0.258 e. The first-order valence-corrected chi connectivity index (χ1v) is 10.3. The van der Waals surface area contributed by atoms with Crippen molar-refractivity contribution in [1.29, 1.82) is 0 Å². The molecular formula is C24H24N4OS. The summed E-state index contributed by atoms with van der Waals surface area (Å²) < 4.78 is 5.75. The van der Waals surface area contributed by atoms with E-state index in [4.69, 9.17) is 21.7 Å². The zero-order valence-electron chi connectivity index (χ0n) is 17.3. The number of nitrogens with zero attached hydrogens (tertiary/aromatic N) is 3. The predicted molar refractivity (Wildman–Crippen MR) is 124 cm³/mol. The predicted octanol–water partition coefficient (Wildman–Crippen LogP) is 5.20. The van der Waals surface area contributed by atoms with Gasteiger partial charge in [0.1, 0.15) is 0 Å². The summed E-state index contributed by atoms with van der Waals surface area (Å²) in [6.07, 6.45) is 1.83. The van der Waals surface area contributed by atoms with Crippen LogP contribution in [-0.2, 0) is 0 Å². The second-order valence-corrected chi connectivity index (χ2v) is 7.87. The molecule has 0 amide bonds. The zero-order chi connectivity index (χ0) is 21.3. The quantitative estimate of drug-likeness (QED) is 0.456. The van der Waals surface area contributed by atoms with Crippen LogP contribution in [0.25, 0.3) is 17.0 Å². The number of thiocarbonyl (C=S) groups is 1. The van der Waals surface area contributed by atoms with Crippen molar-refractivity contribution in [2.45, 2.75) is 26.8 Å². The van der Waals surface area contributed by atoms with Crippen molar-refractivity contribution in [2.75, 3.05) is 6.54 Å². The van der Waals surface area contributed by atoms with E-state index >= 15 is 0 Å². The zero-order valence-corrected chi connectivity index (χ0v) is 18.2. The van der Waals surface area contributed by atoms with Gasteiger partial charge < -0.3 is 14.7 Å². The molecule has 2 aromatic carbocycles. The van der Waals surface area contributed by atoms with Crippen molar-refractivity contribution in [3.05, 3.63) is 89.5 Å². The number of rotatable bonds is 5. The van der Waals surface area contributed by atoms with Crippen molar-refractivity contribution < 1.29 is 4.52 Å². The molecule has 5 nitrogen and oxygen atoms in total. The summed E-state index contributed by atoms with van der Waals surface area (Å²) >= 11 is 5.64. The SMILES string of the molecule is C=CCN1C(=S)NC(c2ccc(C)cc2)C(c2nc(-c3cccc(C)c3)no2)=C1C. The third-order valence-electron chi connectivity index (χ3n) is 5.25. The fourth-order valence-electron chi connectivity index (χ4n) is 3.65. The van der Waals surface area contributed by atoms with Crippen molar-refractivity contribution in [3.63, 3.8) is 0 Å². The van der Waals surface area contributed by atoms with Crippen LogP contribution in [-0.4, -0.2) is 26.7 Å². The molecule has 0 radical (unpaired) electrons. The lowest BCUT2D eigenvalue weighted by Crippen LogP contribution is -2.45. The molecule has 1 N–H and O–H groups in total. The second-order valence-electron chi connectivity index (χ2n) is 7.48. The minimum atomic E-state index is -0.176. The van der Waals surface area contributed by atoms with Crippen molar-refractivity contribution in [2.24, 2.45) is 0 Å². The van der Waals surface area contributed by atoms with Crippen LogP contribution in [0.5, 0.6) is 0 Å². The van der Waals surface area contributed by atoms with Crippen LogP contribution in [0.1, 0.15) is 35.5 Å². The van der Waals surface area contributed by atoms with Gasteiger partial charge in [-0.25, -0.2) is 0 Å². The first-order valence-electron chi connectivity index (χ1n) is 9.85. The van der Waals surface area contributed by atoms with Crippen LogP contribution in [0.2, 0.25) is 0 Å². The van der Waals surface area contributed by atoms with Gasteiger partial charge in [0.2, 0.25) is 5.82 Å². The van der Waals surface area contributed by atoms with Gasteiger partial charge in [-0.15, -0.1) is 6.58 Å². The van der Waals surface area contributed by atoms with E-state index in [1.54, 1.807) is 0 Å². The highest BCUT2D eigenvalue weighted by Crippen LogP contribution is 2.37. The summed E-state index contributed by atoms with van der Waals surface area (Å²) in [5.74, 6) is 1.05. The van der Waals surface area contributed by atoms with E-state index in [0.717, 1.165) is 28.0 Å². The highest BCUT2D eigenvalue weighted by Gasteiger charge is 2.33. The number of hydrogen-bond acceptors (Lipinski definition) is 4. The summed E-state index contributed by atoms with van der Waals surface area (Å²) in [6, 6.07) is 16.3. The summed E-state index contributed by atoms with van der Waals surface area (Å²) in [4.78, 5) is 6.74. The second kappa shape index (κ2) is 8.24. The van der Waals surface area contributed by atoms with Gasteiger partial charge in [0, 0.05) is 17.8 Å². The monoisotopic (exact) mass is 416 g/mol. The third-order valence-corrected chi connectivity index (χ3v) is 5.59. The van der Waals surface area contributed by atoms with Crippen LogP contribution in [0.4, 0.5) is 0 Å². The molecule has 30 heavy (non-hydrogen) atoms. The number of aryl methyl sites for hydroxylation is 2. The minimum Gasteiger partial charge on any atom is -0.351 e. The molecule has 0 fully saturated rings. The van der Waals surface area contributed by atoms with E-state index in [-0.39, 0.29) is 6.04 Å². The molecule has 0 bridgehead atoms. The highest BCUT2D eigenvalue weighted by atomic mass is 32.1. The minimum absolute atomic E-state index is 0.176. The molecule has 1 aliphatic heterocycles. The Morgan fingerprint density at radius 1 is 1.13 bits per heavy atom. The fraction of sp³-hybridized carbons (Fsp3) is 0.208. The molecule has 1 unspecified atom stereocenters. The van der Waals surface area contributed by atoms with Crippen LogP contribution < -0.4 is 5.32 Å². The molecule has 0 spiro atoms. The molecule has 4 rings (SSSR count). The average molecular weight is 417 g/mol. The maximum absolute atomic E-state index is 5.75. The van der Waals surface area contributed by atoms with Gasteiger partial charge in [-0.1, -0.05) is 64.8 Å². The van der Waals surface area contributed by atoms with E-state index in [2.05, 4.69) is 48.2 Å². The van der Waals surface area contributed by atoms with Crippen LogP contribution in [0.15, 0.2) is 71.4 Å². The maximum atomic E-state index is 5.75. The van der Waals surface area contributed by atoms with E-state index in [1.165, 1.54) is 5.56 Å². The lowest BCUT2D eigenvalue weighted by atomic mass is 9.94. The summed E-state index contributed by atoms with van der Waals surface area (Å²) in [5, 5.41) is 8.35. The maximum Gasteiger partial charge on any atom is 0.258 e. The first-order chi connectivity index (χ1) is 14.5. The van der Waals surface area contributed by atoms with Crippen LogP contribution >= 0.6 is 12.2 Å². The van der Waals surface area contributed by atoms with E-state index in [0.29, 0.717) is 23.4 Å². The summed E-state index contributed by atoms with van der Waals surface area (Å²) in [6.45, 7) is 10.6.